The summed E-state index contributed by atoms with van der Waals surface area (Å²) in [6, 6.07) is 6.29. The number of ether oxygens (including phenoxy) is 3. The number of rotatable bonds is 6. The van der Waals surface area contributed by atoms with Crippen molar-refractivity contribution in [2.75, 3.05) is 26.9 Å². The van der Waals surface area contributed by atoms with Gasteiger partial charge in [0.05, 0.1) is 24.9 Å². The van der Waals surface area contributed by atoms with Gasteiger partial charge in [0.1, 0.15) is 0 Å². The van der Waals surface area contributed by atoms with Crippen molar-refractivity contribution in [2.24, 2.45) is 0 Å². The fraction of sp³-hybridized carbons (Fsp3) is 0.647. The third kappa shape index (κ3) is 3.50. The molecule has 1 N–H and O–H groups in total. The van der Waals surface area contributed by atoms with E-state index >= 15 is 0 Å². The highest BCUT2D eigenvalue weighted by atomic mass is 16.5. The van der Waals surface area contributed by atoms with Gasteiger partial charge < -0.3 is 19.5 Å². The first kappa shape index (κ1) is 16.1. The Bertz CT molecular complexity index is 463. The van der Waals surface area contributed by atoms with Crippen molar-refractivity contribution in [1.29, 1.82) is 0 Å². The van der Waals surface area contributed by atoms with E-state index in [1.54, 1.807) is 0 Å². The van der Waals surface area contributed by atoms with Crippen LogP contribution < -0.4 is 14.8 Å². The lowest BCUT2D eigenvalue weighted by Gasteiger charge is -2.37. The third-order valence-corrected chi connectivity index (χ3v) is 4.18. The van der Waals surface area contributed by atoms with Gasteiger partial charge in [0, 0.05) is 13.0 Å². The van der Waals surface area contributed by atoms with E-state index in [1.165, 1.54) is 5.56 Å². The maximum atomic E-state index is 6.02. The average Bonchev–Trinajstić information content (AvgIpc) is 2.73. The molecule has 0 aliphatic carbocycles. The lowest BCUT2D eigenvalue weighted by atomic mass is 9.87. The molecule has 4 nitrogen and oxygen atoms in total. The molecule has 1 aliphatic rings. The maximum absolute atomic E-state index is 6.02. The van der Waals surface area contributed by atoms with Crippen LogP contribution in [0.2, 0.25) is 0 Å². The van der Waals surface area contributed by atoms with Crippen LogP contribution in [-0.2, 0) is 4.74 Å². The molecule has 0 amide bonds. The Kier molecular flexibility index (Phi) is 5.48. The third-order valence-electron chi connectivity index (χ3n) is 4.18. The van der Waals surface area contributed by atoms with E-state index in [0.717, 1.165) is 24.3 Å². The van der Waals surface area contributed by atoms with E-state index in [4.69, 9.17) is 14.2 Å². The molecular weight excluding hydrogens is 266 g/mol. The summed E-state index contributed by atoms with van der Waals surface area (Å²) in [6.07, 6.45) is 1.85. The summed E-state index contributed by atoms with van der Waals surface area (Å²) in [5.74, 6) is 1.67. The summed E-state index contributed by atoms with van der Waals surface area (Å²) in [7, 11) is 1.97. The van der Waals surface area contributed by atoms with Crippen LogP contribution in [0.15, 0.2) is 18.2 Å². The molecule has 0 spiro atoms. The predicted molar refractivity (Wildman–Crippen MR) is 84.2 cm³/mol. The number of fused-ring (bicyclic) bond motifs is 1. The largest absolute Gasteiger partial charge is 0.490 e. The minimum Gasteiger partial charge on any atom is -0.490 e. The highest BCUT2D eigenvalue weighted by Gasteiger charge is 2.34. The van der Waals surface area contributed by atoms with Crippen LogP contribution in [0.4, 0.5) is 0 Å². The van der Waals surface area contributed by atoms with Crippen LogP contribution in [-0.4, -0.2) is 32.5 Å². The zero-order valence-electron chi connectivity index (χ0n) is 13.6. The normalized spacial score (nSPS) is 18.7. The molecule has 0 bridgehead atoms. The molecule has 0 radical (unpaired) electrons. The second-order valence-electron chi connectivity index (χ2n) is 5.58. The average molecular weight is 293 g/mol. The van der Waals surface area contributed by atoms with Gasteiger partial charge in [-0.1, -0.05) is 13.0 Å². The highest BCUT2D eigenvalue weighted by molar-refractivity contribution is 5.44. The van der Waals surface area contributed by atoms with Crippen molar-refractivity contribution >= 4 is 0 Å². The van der Waals surface area contributed by atoms with Gasteiger partial charge in [-0.15, -0.1) is 0 Å². The molecule has 1 heterocycles. The minimum absolute atomic E-state index is 0.111. The van der Waals surface area contributed by atoms with Crippen molar-refractivity contribution in [2.45, 2.75) is 45.3 Å². The maximum Gasteiger partial charge on any atom is 0.161 e. The second kappa shape index (κ2) is 7.14. The SMILES string of the molecule is CCOC(C)(CC)C(NC)c1ccc2c(c1)OCCCO2. The standard InChI is InChI=1S/C17H27NO3/c1-5-17(3,21-6-2)16(18-4)13-8-9-14-15(12-13)20-11-7-10-19-14/h8-9,12,16,18H,5-7,10-11H2,1-4H3. The Morgan fingerprint density at radius 1 is 1.24 bits per heavy atom. The van der Waals surface area contributed by atoms with E-state index in [-0.39, 0.29) is 11.6 Å². The molecule has 21 heavy (non-hydrogen) atoms. The van der Waals surface area contributed by atoms with Gasteiger partial charge >= 0.3 is 0 Å². The summed E-state index contributed by atoms with van der Waals surface area (Å²) < 4.78 is 17.5. The summed E-state index contributed by atoms with van der Waals surface area (Å²) in [5, 5.41) is 3.40. The van der Waals surface area contributed by atoms with Gasteiger partial charge in [-0.3, -0.25) is 0 Å². The molecule has 118 valence electrons. The van der Waals surface area contributed by atoms with Crippen molar-refractivity contribution in [1.82, 2.24) is 5.32 Å². The molecule has 1 aliphatic heterocycles. The Hall–Kier alpha value is -1.26. The van der Waals surface area contributed by atoms with Gasteiger partial charge in [0.2, 0.25) is 0 Å². The Morgan fingerprint density at radius 2 is 1.95 bits per heavy atom. The molecule has 0 fully saturated rings. The van der Waals surface area contributed by atoms with E-state index in [2.05, 4.69) is 31.3 Å². The zero-order valence-corrected chi connectivity index (χ0v) is 13.6. The molecule has 0 aromatic heterocycles. The highest BCUT2D eigenvalue weighted by Crippen LogP contribution is 2.37. The van der Waals surface area contributed by atoms with Crippen molar-refractivity contribution in [3.63, 3.8) is 0 Å². The quantitative estimate of drug-likeness (QED) is 0.873. The second-order valence-corrected chi connectivity index (χ2v) is 5.58. The summed E-state index contributed by atoms with van der Waals surface area (Å²) in [4.78, 5) is 0. The summed E-state index contributed by atoms with van der Waals surface area (Å²) in [6.45, 7) is 8.47. The molecule has 2 rings (SSSR count). The molecule has 0 saturated carbocycles. The van der Waals surface area contributed by atoms with E-state index < -0.39 is 0 Å². The summed E-state index contributed by atoms with van der Waals surface area (Å²) in [5.41, 5.74) is 0.920. The fourth-order valence-electron chi connectivity index (χ4n) is 2.90. The molecule has 1 aromatic rings. The number of hydrogen-bond acceptors (Lipinski definition) is 4. The molecular formula is C17H27NO3. The molecule has 0 saturated heterocycles. The smallest absolute Gasteiger partial charge is 0.161 e. The zero-order chi connectivity index (χ0) is 15.3. The van der Waals surface area contributed by atoms with E-state index in [9.17, 15) is 0 Å². The Morgan fingerprint density at radius 3 is 2.57 bits per heavy atom. The first-order chi connectivity index (χ1) is 10.1. The molecule has 4 heteroatoms. The van der Waals surface area contributed by atoms with Crippen molar-refractivity contribution < 1.29 is 14.2 Å². The molecule has 2 atom stereocenters. The van der Waals surface area contributed by atoms with Crippen molar-refractivity contribution in [3.8, 4) is 11.5 Å². The summed E-state index contributed by atoms with van der Waals surface area (Å²) >= 11 is 0. The first-order valence-corrected chi connectivity index (χ1v) is 7.85. The Balaban J connectivity index is 2.32. The van der Waals surface area contributed by atoms with Gasteiger partial charge in [-0.05, 0) is 45.0 Å². The first-order valence-electron chi connectivity index (χ1n) is 7.85. The number of likely N-dealkylation sites (N-methyl/N-ethyl adjacent to an activating group) is 1. The van der Waals surface area contributed by atoms with Gasteiger partial charge in [0.25, 0.3) is 0 Å². The van der Waals surface area contributed by atoms with Crippen LogP contribution in [0.1, 0.15) is 45.2 Å². The van der Waals surface area contributed by atoms with Crippen molar-refractivity contribution in [3.05, 3.63) is 23.8 Å². The van der Waals surface area contributed by atoms with Gasteiger partial charge in [-0.2, -0.15) is 0 Å². The van der Waals surface area contributed by atoms with Crippen LogP contribution in [0.25, 0.3) is 0 Å². The topological polar surface area (TPSA) is 39.7 Å². The van der Waals surface area contributed by atoms with Crippen LogP contribution >= 0.6 is 0 Å². The lowest BCUT2D eigenvalue weighted by Crippen LogP contribution is -2.42. The molecule has 2 unspecified atom stereocenters. The number of nitrogens with one attached hydrogen (secondary N) is 1. The predicted octanol–water partition coefficient (Wildman–Crippen LogP) is 3.31. The monoisotopic (exact) mass is 293 g/mol. The van der Waals surface area contributed by atoms with E-state index in [0.29, 0.717) is 19.8 Å². The Labute approximate surface area is 127 Å². The van der Waals surface area contributed by atoms with Crippen LogP contribution in [0.3, 0.4) is 0 Å². The van der Waals surface area contributed by atoms with Crippen LogP contribution in [0, 0.1) is 0 Å². The minimum atomic E-state index is -0.247. The fourth-order valence-corrected chi connectivity index (χ4v) is 2.90. The number of hydrogen-bond donors (Lipinski definition) is 1. The van der Waals surface area contributed by atoms with Gasteiger partial charge in [-0.25, -0.2) is 0 Å². The van der Waals surface area contributed by atoms with Gasteiger partial charge in [0.15, 0.2) is 11.5 Å². The number of benzene rings is 1. The lowest BCUT2D eigenvalue weighted by molar-refractivity contribution is -0.0547. The van der Waals surface area contributed by atoms with Crippen LogP contribution in [0.5, 0.6) is 11.5 Å². The van der Waals surface area contributed by atoms with E-state index in [1.807, 2.05) is 20.0 Å². The molecule has 1 aromatic carbocycles.